The average molecular weight is 152 g/mol. The smallest absolute Gasteiger partial charge is 0.0194 e. The molecule has 1 atom stereocenters. The minimum Gasteiger partial charge on any atom is -0.362 e. The summed E-state index contributed by atoms with van der Waals surface area (Å²) in [6.45, 7) is 6.20. The van der Waals surface area contributed by atoms with Crippen LogP contribution in [0, 0.1) is 13.8 Å². The topological polar surface area (TPSA) is 41.8 Å². The van der Waals surface area contributed by atoms with Crippen molar-refractivity contribution in [2.75, 3.05) is 0 Å². The zero-order valence-electron chi connectivity index (χ0n) is 7.44. The predicted molar refractivity (Wildman–Crippen MR) is 47.6 cm³/mol. The van der Waals surface area contributed by atoms with E-state index in [0.717, 1.165) is 6.42 Å². The van der Waals surface area contributed by atoms with E-state index in [2.05, 4.69) is 24.9 Å². The first-order valence-electron chi connectivity index (χ1n) is 4.00. The van der Waals surface area contributed by atoms with E-state index >= 15 is 0 Å². The van der Waals surface area contributed by atoms with Crippen LogP contribution in [0.15, 0.2) is 6.07 Å². The van der Waals surface area contributed by atoms with Gasteiger partial charge in [0.1, 0.15) is 0 Å². The molecule has 1 aromatic rings. The third-order valence-electron chi connectivity index (χ3n) is 1.78. The first-order valence-corrected chi connectivity index (χ1v) is 4.00. The summed E-state index contributed by atoms with van der Waals surface area (Å²) < 4.78 is 0. The first-order chi connectivity index (χ1) is 5.09. The lowest BCUT2D eigenvalue weighted by Crippen LogP contribution is -2.18. The normalized spacial score (nSPS) is 13.5. The summed E-state index contributed by atoms with van der Waals surface area (Å²) in [5.74, 6) is 0. The first kappa shape index (κ1) is 8.34. The van der Waals surface area contributed by atoms with Crippen LogP contribution in [0.1, 0.15) is 23.9 Å². The molecule has 0 aliphatic carbocycles. The zero-order valence-corrected chi connectivity index (χ0v) is 7.44. The zero-order chi connectivity index (χ0) is 8.43. The van der Waals surface area contributed by atoms with Crippen molar-refractivity contribution in [2.24, 2.45) is 5.73 Å². The van der Waals surface area contributed by atoms with Gasteiger partial charge in [-0.05, 0) is 32.4 Å². The monoisotopic (exact) mass is 152 g/mol. The lowest BCUT2D eigenvalue weighted by atomic mass is 10.1. The van der Waals surface area contributed by atoms with Crippen LogP contribution in [0.5, 0.6) is 0 Å². The van der Waals surface area contributed by atoms with Gasteiger partial charge in [0.25, 0.3) is 0 Å². The molecule has 0 saturated carbocycles. The molecule has 0 aromatic carbocycles. The minimum absolute atomic E-state index is 0.242. The van der Waals surface area contributed by atoms with Crippen LogP contribution in [0.3, 0.4) is 0 Å². The molecule has 11 heavy (non-hydrogen) atoms. The van der Waals surface area contributed by atoms with Gasteiger partial charge in [-0.15, -0.1) is 0 Å². The van der Waals surface area contributed by atoms with Crippen molar-refractivity contribution in [3.05, 3.63) is 23.0 Å². The molecule has 0 bridgehead atoms. The fraction of sp³-hybridized carbons (Fsp3) is 0.556. The van der Waals surface area contributed by atoms with Crippen molar-refractivity contribution in [2.45, 2.75) is 33.2 Å². The summed E-state index contributed by atoms with van der Waals surface area (Å²) in [6, 6.07) is 2.39. The van der Waals surface area contributed by atoms with E-state index in [0.29, 0.717) is 0 Å². The van der Waals surface area contributed by atoms with Gasteiger partial charge >= 0.3 is 0 Å². The van der Waals surface area contributed by atoms with Gasteiger partial charge in [-0.2, -0.15) is 0 Å². The predicted octanol–water partition coefficient (Wildman–Crippen LogP) is 1.52. The molecule has 0 saturated heterocycles. The molecule has 0 fully saturated rings. The largest absolute Gasteiger partial charge is 0.362 e. The van der Waals surface area contributed by atoms with Gasteiger partial charge in [0.05, 0.1) is 0 Å². The second kappa shape index (κ2) is 3.09. The number of nitrogens with one attached hydrogen (secondary N) is 1. The number of aromatic nitrogens is 1. The molecule has 0 amide bonds. The van der Waals surface area contributed by atoms with E-state index in [1.807, 2.05) is 6.92 Å². The van der Waals surface area contributed by atoms with Crippen molar-refractivity contribution in [1.82, 2.24) is 4.98 Å². The lowest BCUT2D eigenvalue weighted by molar-refractivity contribution is 0.721. The van der Waals surface area contributed by atoms with Crippen LogP contribution < -0.4 is 5.73 Å². The Bertz CT molecular complexity index is 236. The van der Waals surface area contributed by atoms with Crippen LogP contribution in [0.25, 0.3) is 0 Å². The molecule has 0 aliphatic heterocycles. The van der Waals surface area contributed by atoms with E-state index < -0.39 is 0 Å². The van der Waals surface area contributed by atoms with Crippen LogP contribution in [0.2, 0.25) is 0 Å². The maximum absolute atomic E-state index is 5.68. The van der Waals surface area contributed by atoms with E-state index in [9.17, 15) is 0 Å². The van der Waals surface area contributed by atoms with E-state index in [4.69, 9.17) is 5.73 Å². The van der Waals surface area contributed by atoms with Gasteiger partial charge < -0.3 is 10.7 Å². The van der Waals surface area contributed by atoms with Gasteiger partial charge in [-0.3, -0.25) is 0 Å². The molecule has 62 valence electrons. The molecule has 0 radical (unpaired) electrons. The molecular formula is C9H16N2. The van der Waals surface area contributed by atoms with E-state index in [1.54, 1.807) is 0 Å². The van der Waals surface area contributed by atoms with Crippen molar-refractivity contribution >= 4 is 0 Å². The van der Waals surface area contributed by atoms with E-state index in [1.165, 1.54) is 17.0 Å². The van der Waals surface area contributed by atoms with Gasteiger partial charge in [-0.1, -0.05) is 0 Å². The number of nitrogens with two attached hydrogens (primary N) is 1. The molecule has 2 heteroatoms. The van der Waals surface area contributed by atoms with Crippen molar-refractivity contribution in [3.63, 3.8) is 0 Å². The number of aryl methyl sites for hydroxylation is 2. The third kappa shape index (κ3) is 2.09. The van der Waals surface area contributed by atoms with Crippen molar-refractivity contribution in [1.29, 1.82) is 0 Å². The third-order valence-corrected chi connectivity index (χ3v) is 1.78. The Morgan fingerprint density at radius 1 is 1.55 bits per heavy atom. The molecule has 0 aliphatic rings. The van der Waals surface area contributed by atoms with Crippen molar-refractivity contribution in [3.8, 4) is 0 Å². The number of H-pyrrole nitrogens is 1. The Labute approximate surface area is 67.8 Å². The Balaban J connectivity index is 2.77. The fourth-order valence-corrected chi connectivity index (χ4v) is 1.32. The number of hydrogen-bond donors (Lipinski definition) is 2. The molecule has 2 nitrogen and oxygen atoms in total. The highest BCUT2D eigenvalue weighted by Crippen LogP contribution is 2.09. The van der Waals surface area contributed by atoms with E-state index in [-0.39, 0.29) is 6.04 Å². The van der Waals surface area contributed by atoms with Crippen LogP contribution in [-0.2, 0) is 6.42 Å². The fourth-order valence-electron chi connectivity index (χ4n) is 1.32. The Morgan fingerprint density at radius 3 is 2.55 bits per heavy atom. The lowest BCUT2D eigenvalue weighted by Gasteiger charge is -2.03. The number of aromatic amines is 1. The molecule has 3 N–H and O–H groups in total. The summed E-state index contributed by atoms with van der Waals surface area (Å²) in [7, 11) is 0. The standard InChI is InChI=1S/C9H16N2/c1-6-4-8(3)11-9(6)5-7(2)10/h4,7,11H,5,10H2,1-3H3. The van der Waals surface area contributed by atoms with Crippen molar-refractivity contribution < 1.29 is 0 Å². The number of hydrogen-bond acceptors (Lipinski definition) is 1. The summed E-state index contributed by atoms with van der Waals surface area (Å²) in [5, 5.41) is 0. The van der Waals surface area contributed by atoms with Gasteiger partial charge in [0, 0.05) is 23.9 Å². The maximum atomic E-state index is 5.68. The molecular weight excluding hydrogens is 136 g/mol. The van der Waals surface area contributed by atoms with Crippen LogP contribution in [-0.4, -0.2) is 11.0 Å². The molecule has 1 heterocycles. The average Bonchev–Trinajstić information content (AvgIpc) is 2.09. The number of rotatable bonds is 2. The Hall–Kier alpha value is -0.760. The summed E-state index contributed by atoms with van der Waals surface area (Å²) >= 11 is 0. The maximum Gasteiger partial charge on any atom is 0.0194 e. The highest BCUT2D eigenvalue weighted by Gasteiger charge is 2.03. The highest BCUT2D eigenvalue weighted by atomic mass is 14.7. The Morgan fingerprint density at radius 2 is 2.18 bits per heavy atom. The minimum atomic E-state index is 0.242. The quantitative estimate of drug-likeness (QED) is 0.663. The van der Waals surface area contributed by atoms with Crippen LogP contribution in [0.4, 0.5) is 0 Å². The van der Waals surface area contributed by atoms with Crippen LogP contribution >= 0.6 is 0 Å². The van der Waals surface area contributed by atoms with Gasteiger partial charge in [-0.25, -0.2) is 0 Å². The summed E-state index contributed by atoms with van der Waals surface area (Å²) in [4.78, 5) is 3.30. The van der Waals surface area contributed by atoms with Gasteiger partial charge in [0.2, 0.25) is 0 Å². The SMILES string of the molecule is Cc1cc(C)c(CC(C)N)[nH]1. The molecule has 1 unspecified atom stereocenters. The summed E-state index contributed by atoms with van der Waals surface area (Å²) in [5.41, 5.74) is 9.50. The molecule has 0 spiro atoms. The second-order valence-electron chi connectivity index (χ2n) is 3.30. The second-order valence-corrected chi connectivity index (χ2v) is 3.30. The molecule has 1 rings (SSSR count). The summed E-state index contributed by atoms with van der Waals surface area (Å²) in [6.07, 6.45) is 0.944. The Kier molecular flexibility index (Phi) is 2.35. The molecule has 1 aromatic heterocycles. The highest BCUT2D eigenvalue weighted by molar-refractivity contribution is 5.24. The van der Waals surface area contributed by atoms with Gasteiger partial charge in [0.15, 0.2) is 0 Å².